The van der Waals surface area contributed by atoms with E-state index in [0.29, 0.717) is 39.3 Å². The van der Waals surface area contributed by atoms with Gasteiger partial charge in [-0.15, -0.1) is 0 Å². The van der Waals surface area contributed by atoms with Crippen LogP contribution in [0.15, 0.2) is 0 Å². The van der Waals surface area contributed by atoms with Crippen molar-refractivity contribution in [2.24, 2.45) is 0 Å². The highest BCUT2D eigenvalue weighted by Gasteiger charge is 2.03. The van der Waals surface area contributed by atoms with Crippen molar-refractivity contribution < 1.29 is 44.3 Å². The number of amides is 1. The Bertz CT molecular complexity index is 357. The topological polar surface area (TPSA) is 163 Å². The Labute approximate surface area is 165 Å². The van der Waals surface area contributed by atoms with Crippen molar-refractivity contribution in [3.63, 3.8) is 0 Å². The van der Waals surface area contributed by atoms with Gasteiger partial charge in [-0.3, -0.25) is 14.4 Å². The molecule has 0 aromatic heterocycles. The second-order valence-corrected chi connectivity index (χ2v) is 5.83. The molecule has 1 rings (SSSR count). The molecule has 1 heterocycles. The van der Waals surface area contributed by atoms with E-state index in [1.54, 1.807) is 0 Å². The number of hydrogen-bond acceptors (Lipinski definition) is 7. The third-order valence-corrected chi connectivity index (χ3v) is 3.28. The summed E-state index contributed by atoms with van der Waals surface area (Å²) in [5.41, 5.74) is 0. The summed E-state index contributed by atoms with van der Waals surface area (Å²) < 4.78 is 9.75. The molecule has 0 aromatic carbocycles. The van der Waals surface area contributed by atoms with Crippen LogP contribution in [0.25, 0.3) is 0 Å². The summed E-state index contributed by atoms with van der Waals surface area (Å²) in [5.74, 6) is -1.52. The lowest BCUT2D eigenvalue weighted by molar-refractivity contribution is -0.139. The molecule has 0 spiro atoms. The monoisotopic (exact) mass is 409 g/mol. The zero-order valence-corrected chi connectivity index (χ0v) is 16.4. The van der Waals surface area contributed by atoms with Crippen LogP contribution >= 0.6 is 0 Å². The highest BCUT2D eigenvalue weighted by atomic mass is 16.5. The number of nitrogens with one attached hydrogen (secondary N) is 1. The highest BCUT2D eigenvalue weighted by Crippen LogP contribution is 2.02. The minimum absolute atomic E-state index is 0.0417. The summed E-state index contributed by atoms with van der Waals surface area (Å²) in [7, 11) is 0. The lowest BCUT2D eigenvalue weighted by Crippen LogP contribution is -2.21. The van der Waals surface area contributed by atoms with E-state index in [4.69, 9.17) is 29.9 Å². The van der Waals surface area contributed by atoms with E-state index in [2.05, 4.69) is 5.32 Å². The fraction of sp³-hybridized carbons (Fsp3) is 0.833. The summed E-state index contributed by atoms with van der Waals surface area (Å²) in [5, 5.41) is 35.6. The molecule has 0 radical (unpaired) electrons. The number of aliphatic carboxylic acids is 2. The Hall–Kier alpha value is -1.75. The van der Waals surface area contributed by atoms with Gasteiger partial charge in [-0.05, 0) is 25.7 Å². The maximum Gasteiger partial charge on any atom is 0.303 e. The van der Waals surface area contributed by atoms with Crippen LogP contribution in [-0.2, 0) is 23.9 Å². The number of carbonyl (C=O) groups excluding carboxylic acids is 1. The largest absolute Gasteiger partial charge is 0.481 e. The van der Waals surface area contributed by atoms with Crippen molar-refractivity contribution in [2.75, 3.05) is 46.2 Å². The predicted molar refractivity (Wildman–Crippen MR) is 101 cm³/mol. The van der Waals surface area contributed by atoms with Crippen LogP contribution < -0.4 is 5.32 Å². The molecule has 1 amide bonds. The normalized spacial score (nSPS) is 13.1. The maximum atomic E-state index is 10.6. The number of carbonyl (C=O) groups is 3. The minimum atomic E-state index is -0.870. The number of rotatable bonds is 12. The van der Waals surface area contributed by atoms with Crippen molar-refractivity contribution in [1.82, 2.24) is 5.32 Å². The van der Waals surface area contributed by atoms with Gasteiger partial charge in [0.25, 0.3) is 0 Å². The van der Waals surface area contributed by atoms with Gasteiger partial charge >= 0.3 is 11.9 Å². The second kappa shape index (κ2) is 23.3. The molecule has 166 valence electrons. The smallest absolute Gasteiger partial charge is 0.303 e. The first-order chi connectivity index (χ1) is 13.4. The van der Waals surface area contributed by atoms with Crippen LogP contribution in [0.4, 0.5) is 0 Å². The fourth-order valence-corrected chi connectivity index (χ4v) is 1.91. The molecule has 1 saturated heterocycles. The molecule has 1 aliphatic rings. The number of aliphatic hydroxyl groups is 2. The number of ether oxygens (including phenoxy) is 2. The fourth-order valence-electron chi connectivity index (χ4n) is 1.91. The van der Waals surface area contributed by atoms with Gasteiger partial charge in [-0.1, -0.05) is 6.42 Å². The number of aliphatic hydroxyl groups excluding tert-OH is 2. The molecule has 1 fully saturated rings. The first kappa shape index (κ1) is 28.5. The predicted octanol–water partition coefficient (Wildman–Crippen LogP) is 0.397. The van der Waals surface area contributed by atoms with Gasteiger partial charge in [0.2, 0.25) is 5.91 Å². The maximum absolute atomic E-state index is 10.6. The van der Waals surface area contributed by atoms with E-state index in [0.717, 1.165) is 25.8 Å². The van der Waals surface area contributed by atoms with E-state index >= 15 is 0 Å². The van der Waals surface area contributed by atoms with Crippen LogP contribution in [-0.4, -0.2) is 84.5 Å². The molecule has 10 heteroatoms. The first-order valence-corrected chi connectivity index (χ1v) is 9.51. The Balaban J connectivity index is 0. The van der Waals surface area contributed by atoms with Gasteiger partial charge in [0.05, 0.1) is 39.6 Å². The van der Waals surface area contributed by atoms with E-state index in [-0.39, 0.29) is 32.0 Å². The first-order valence-electron chi connectivity index (χ1n) is 9.51. The Morgan fingerprint density at radius 3 is 1.75 bits per heavy atom. The molecule has 28 heavy (non-hydrogen) atoms. The van der Waals surface area contributed by atoms with Gasteiger partial charge < -0.3 is 35.2 Å². The lowest BCUT2D eigenvalue weighted by Gasteiger charge is -2.01. The van der Waals surface area contributed by atoms with Crippen molar-refractivity contribution in [1.29, 1.82) is 0 Å². The molecule has 0 bridgehead atoms. The molecule has 0 unspecified atom stereocenters. The third kappa shape index (κ3) is 29.0. The summed E-state index contributed by atoms with van der Waals surface area (Å²) >= 11 is 0. The summed E-state index contributed by atoms with van der Waals surface area (Å²) in [6.45, 7) is 2.62. The van der Waals surface area contributed by atoms with Crippen molar-refractivity contribution in [3.05, 3.63) is 0 Å². The Morgan fingerprint density at radius 2 is 1.32 bits per heavy atom. The molecule has 0 atom stereocenters. The standard InChI is InChI=1S/C6H11NO.C6H14O4.C6H10O4/c8-6-4-2-1-3-5-7-6;7-1-3-9-5-6-10-4-2-8;7-5(8)3-1-2-4-6(9)10/h1-5H2,(H,7,8);7-8H,1-6H2;1-4H2,(H,7,8)(H,9,10). The average molecular weight is 409 g/mol. The zero-order chi connectivity index (χ0) is 21.5. The van der Waals surface area contributed by atoms with Gasteiger partial charge in [-0.2, -0.15) is 0 Å². The molecule has 5 N–H and O–H groups in total. The lowest BCUT2D eigenvalue weighted by atomic mass is 10.2. The van der Waals surface area contributed by atoms with Crippen molar-refractivity contribution in [3.8, 4) is 0 Å². The Morgan fingerprint density at radius 1 is 0.821 bits per heavy atom. The van der Waals surface area contributed by atoms with Gasteiger partial charge in [0, 0.05) is 25.8 Å². The van der Waals surface area contributed by atoms with Crippen molar-refractivity contribution >= 4 is 17.8 Å². The van der Waals surface area contributed by atoms with Gasteiger partial charge in [-0.25, -0.2) is 0 Å². The third-order valence-electron chi connectivity index (χ3n) is 3.28. The van der Waals surface area contributed by atoms with E-state index in [9.17, 15) is 14.4 Å². The number of carboxylic acid groups (broad SMARTS) is 2. The van der Waals surface area contributed by atoms with E-state index < -0.39 is 11.9 Å². The average Bonchev–Trinajstić information content (AvgIpc) is 2.90. The molecular formula is C18H35NO9. The molecule has 0 saturated carbocycles. The summed E-state index contributed by atoms with van der Waals surface area (Å²) in [4.78, 5) is 30.4. The van der Waals surface area contributed by atoms with Gasteiger partial charge in [0.15, 0.2) is 0 Å². The van der Waals surface area contributed by atoms with Crippen LogP contribution in [0.2, 0.25) is 0 Å². The zero-order valence-electron chi connectivity index (χ0n) is 16.4. The number of unbranched alkanes of at least 4 members (excludes halogenated alkanes) is 1. The highest BCUT2D eigenvalue weighted by molar-refractivity contribution is 5.75. The van der Waals surface area contributed by atoms with E-state index in [1.165, 1.54) is 6.42 Å². The molecule has 0 aromatic rings. The van der Waals surface area contributed by atoms with Crippen LogP contribution in [0, 0.1) is 0 Å². The number of hydrogen-bond donors (Lipinski definition) is 5. The summed E-state index contributed by atoms with van der Waals surface area (Å²) in [6.07, 6.45) is 5.19. The van der Waals surface area contributed by atoms with Crippen LogP contribution in [0.5, 0.6) is 0 Å². The molecule has 0 aliphatic carbocycles. The quantitative estimate of drug-likeness (QED) is 0.287. The second-order valence-electron chi connectivity index (χ2n) is 5.83. The SMILES string of the molecule is O=C(O)CCCCC(=O)O.O=C1CCCCCN1.OCCOCCOCCO. The number of carboxylic acids is 2. The van der Waals surface area contributed by atoms with Crippen LogP contribution in [0.3, 0.4) is 0 Å². The Kier molecular flexibility index (Phi) is 23.7. The molecule has 1 aliphatic heterocycles. The van der Waals surface area contributed by atoms with Gasteiger partial charge in [0.1, 0.15) is 0 Å². The minimum Gasteiger partial charge on any atom is -0.481 e. The van der Waals surface area contributed by atoms with Crippen LogP contribution in [0.1, 0.15) is 51.4 Å². The summed E-state index contributed by atoms with van der Waals surface area (Å²) in [6, 6.07) is 0. The van der Waals surface area contributed by atoms with Crippen molar-refractivity contribution in [2.45, 2.75) is 51.4 Å². The van der Waals surface area contributed by atoms with E-state index in [1.807, 2.05) is 0 Å². The molecule has 10 nitrogen and oxygen atoms in total. The molecular weight excluding hydrogens is 374 g/mol.